The molecule has 1 aromatic carbocycles. The molecular formula is C16H20N2O2. The van der Waals surface area contributed by atoms with Crippen molar-refractivity contribution in [1.29, 1.82) is 0 Å². The third-order valence-corrected chi connectivity index (χ3v) is 4.29. The summed E-state index contributed by atoms with van der Waals surface area (Å²) in [6.07, 6.45) is 4.51. The Morgan fingerprint density at radius 2 is 2.25 bits per heavy atom. The van der Waals surface area contributed by atoms with E-state index in [1.54, 1.807) is 4.90 Å². The van der Waals surface area contributed by atoms with Gasteiger partial charge in [0.15, 0.2) is 0 Å². The van der Waals surface area contributed by atoms with E-state index in [1.807, 2.05) is 37.5 Å². The molecule has 4 nitrogen and oxygen atoms in total. The van der Waals surface area contributed by atoms with Crippen LogP contribution in [-0.4, -0.2) is 40.6 Å². The van der Waals surface area contributed by atoms with Crippen LogP contribution in [0.25, 0.3) is 10.9 Å². The third-order valence-electron chi connectivity index (χ3n) is 4.29. The van der Waals surface area contributed by atoms with Gasteiger partial charge in [-0.15, -0.1) is 0 Å². The highest BCUT2D eigenvalue weighted by Crippen LogP contribution is 2.27. The first kappa shape index (κ1) is 13.2. The van der Waals surface area contributed by atoms with Crippen LogP contribution in [0, 0.1) is 5.92 Å². The van der Waals surface area contributed by atoms with Crippen molar-refractivity contribution >= 4 is 16.8 Å². The molecule has 1 aliphatic carbocycles. The van der Waals surface area contributed by atoms with E-state index in [0.29, 0.717) is 12.1 Å². The maximum atomic E-state index is 12.6. The van der Waals surface area contributed by atoms with Gasteiger partial charge in [0.05, 0.1) is 17.2 Å². The van der Waals surface area contributed by atoms with Crippen molar-refractivity contribution < 1.29 is 9.90 Å². The number of benzene rings is 1. The second-order valence-electron chi connectivity index (χ2n) is 5.69. The zero-order valence-electron chi connectivity index (χ0n) is 11.7. The lowest BCUT2D eigenvalue weighted by atomic mass is 10.0. The smallest absolute Gasteiger partial charge is 0.255 e. The fraction of sp³-hybridized carbons (Fsp3) is 0.438. The SMILES string of the molecule is CN(CC1CCCC1O)C(=O)c1cccc2cc[nH]c12. The summed E-state index contributed by atoms with van der Waals surface area (Å²) in [5.74, 6) is 0.226. The lowest BCUT2D eigenvalue weighted by Crippen LogP contribution is -2.34. The minimum Gasteiger partial charge on any atom is -0.393 e. The molecule has 1 heterocycles. The van der Waals surface area contributed by atoms with Crippen LogP contribution in [0.1, 0.15) is 29.6 Å². The van der Waals surface area contributed by atoms with Gasteiger partial charge < -0.3 is 15.0 Å². The molecule has 1 fully saturated rings. The number of hydrogen-bond donors (Lipinski definition) is 2. The van der Waals surface area contributed by atoms with E-state index >= 15 is 0 Å². The number of amides is 1. The summed E-state index contributed by atoms with van der Waals surface area (Å²) < 4.78 is 0. The number of nitrogens with one attached hydrogen (secondary N) is 1. The molecule has 1 aromatic heterocycles. The first-order valence-electron chi connectivity index (χ1n) is 7.16. The van der Waals surface area contributed by atoms with Crippen molar-refractivity contribution in [3.63, 3.8) is 0 Å². The van der Waals surface area contributed by atoms with Gasteiger partial charge in [0.25, 0.3) is 5.91 Å². The lowest BCUT2D eigenvalue weighted by Gasteiger charge is -2.23. The third kappa shape index (κ3) is 2.31. The van der Waals surface area contributed by atoms with Gasteiger partial charge in [-0.1, -0.05) is 18.6 Å². The monoisotopic (exact) mass is 272 g/mol. The second-order valence-corrected chi connectivity index (χ2v) is 5.69. The molecule has 0 bridgehead atoms. The standard InChI is InChI=1S/C16H20N2O2/c1-18(10-12-5-3-7-14(12)19)16(20)13-6-2-4-11-8-9-17-15(11)13/h2,4,6,8-9,12,14,17,19H,3,5,7,10H2,1H3. The summed E-state index contributed by atoms with van der Waals surface area (Å²) in [4.78, 5) is 17.4. The molecular weight excluding hydrogens is 252 g/mol. The molecule has 2 aromatic rings. The molecule has 0 spiro atoms. The Kier molecular flexibility index (Phi) is 3.49. The van der Waals surface area contributed by atoms with Crippen LogP contribution in [0.15, 0.2) is 30.5 Å². The molecule has 1 saturated carbocycles. The molecule has 1 amide bonds. The van der Waals surface area contributed by atoms with Crippen LogP contribution in [0.3, 0.4) is 0 Å². The van der Waals surface area contributed by atoms with Crippen LogP contribution < -0.4 is 0 Å². The van der Waals surface area contributed by atoms with Gasteiger partial charge in [-0.25, -0.2) is 0 Å². The Balaban J connectivity index is 1.79. The molecule has 106 valence electrons. The minimum atomic E-state index is -0.258. The van der Waals surface area contributed by atoms with Gasteiger partial charge in [-0.05, 0) is 25.0 Å². The van der Waals surface area contributed by atoms with Gasteiger partial charge in [-0.3, -0.25) is 4.79 Å². The summed E-state index contributed by atoms with van der Waals surface area (Å²) >= 11 is 0. The first-order valence-corrected chi connectivity index (χ1v) is 7.16. The highest BCUT2D eigenvalue weighted by molar-refractivity contribution is 6.05. The van der Waals surface area contributed by atoms with E-state index in [-0.39, 0.29) is 17.9 Å². The summed E-state index contributed by atoms with van der Waals surface area (Å²) in [6, 6.07) is 7.71. The zero-order chi connectivity index (χ0) is 14.1. The number of rotatable bonds is 3. The van der Waals surface area contributed by atoms with Gasteiger partial charge in [0.2, 0.25) is 0 Å². The lowest BCUT2D eigenvalue weighted by molar-refractivity contribution is 0.0695. The van der Waals surface area contributed by atoms with Crippen LogP contribution in [0.5, 0.6) is 0 Å². The molecule has 2 atom stereocenters. The van der Waals surface area contributed by atoms with Crippen molar-refractivity contribution in [2.75, 3.05) is 13.6 Å². The number of aromatic amines is 1. The molecule has 0 aliphatic heterocycles. The predicted molar refractivity (Wildman–Crippen MR) is 78.6 cm³/mol. The number of carbonyl (C=O) groups is 1. The largest absolute Gasteiger partial charge is 0.393 e. The molecule has 2 N–H and O–H groups in total. The van der Waals surface area contributed by atoms with Gasteiger partial charge in [0.1, 0.15) is 0 Å². The normalized spacial score (nSPS) is 22.3. The molecule has 20 heavy (non-hydrogen) atoms. The van der Waals surface area contributed by atoms with Gasteiger partial charge in [0, 0.05) is 31.1 Å². The average molecular weight is 272 g/mol. The number of aliphatic hydroxyl groups excluding tert-OH is 1. The first-order chi connectivity index (χ1) is 9.66. The number of nitrogens with zero attached hydrogens (tertiary/aromatic N) is 1. The number of carbonyl (C=O) groups excluding carboxylic acids is 1. The van der Waals surface area contributed by atoms with E-state index in [9.17, 15) is 9.90 Å². The Labute approximate surface area is 118 Å². The number of para-hydroxylation sites is 1. The molecule has 1 aliphatic rings. The number of hydrogen-bond acceptors (Lipinski definition) is 2. The van der Waals surface area contributed by atoms with E-state index in [4.69, 9.17) is 0 Å². The predicted octanol–water partition coefficient (Wildman–Crippen LogP) is 2.40. The Morgan fingerprint density at radius 1 is 1.40 bits per heavy atom. The molecule has 0 radical (unpaired) electrons. The fourth-order valence-electron chi connectivity index (χ4n) is 3.13. The number of aliphatic hydroxyl groups is 1. The summed E-state index contributed by atoms with van der Waals surface area (Å²) in [6.45, 7) is 0.622. The van der Waals surface area contributed by atoms with Crippen molar-refractivity contribution in [2.24, 2.45) is 5.92 Å². The fourth-order valence-corrected chi connectivity index (χ4v) is 3.13. The average Bonchev–Trinajstić information content (AvgIpc) is 3.07. The van der Waals surface area contributed by atoms with Crippen LogP contribution in [0.2, 0.25) is 0 Å². The zero-order valence-corrected chi connectivity index (χ0v) is 11.7. The Morgan fingerprint density at radius 3 is 3.00 bits per heavy atom. The number of H-pyrrole nitrogens is 1. The molecule has 3 rings (SSSR count). The highest BCUT2D eigenvalue weighted by atomic mass is 16.3. The van der Waals surface area contributed by atoms with Crippen molar-refractivity contribution in [3.8, 4) is 0 Å². The van der Waals surface area contributed by atoms with E-state index in [0.717, 1.165) is 30.2 Å². The van der Waals surface area contributed by atoms with E-state index in [1.165, 1.54) is 0 Å². The summed E-state index contributed by atoms with van der Waals surface area (Å²) in [5, 5.41) is 10.9. The second kappa shape index (κ2) is 5.29. The Hall–Kier alpha value is -1.81. The topological polar surface area (TPSA) is 56.3 Å². The molecule has 4 heteroatoms. The Bertz CT molecular complexity index is 620. The highest BCUT2D eigenvalue weighted by Gasteiger charge is 2.28. The minimum absolute atomic E-state index is 0.0113. The maximum Gasteiger partial charge on any atom is 0.255 e. The summed E-state index contributed by atoms with van der Waals surface area (Å²) in [5.41, 5.74) is 1.58. The quantitative estimate of drug-likeness (QED) is 0.901. The summed E-state index contributed by atoms with van der Waals surface area (Å²) in [7, 11) is 1.81. The van der Waals surface area contributed by atoms with Gasteiger partial charge >= 0.3 is 0 Å². The molecule has 0 saturated heterocycles. The number of aromatic nitrogens is 1. The van der Waals surface area contributed by atoms with Crippen molar-refractivity contribution in [3.05, 3.63) is 36.0 Å². The van der Waals surface area contributed by atoms with E-state index < -0.39 is 0 Å². The number of fused-ring (bicyclic) bond motifs is 1. The van der Waals surface area contributed by atoms with Gasteiger partial charge in [-0.2, -0.15) is 0 Å². The van der Waals surface area contributed by atoms with Crippen molar-refractivity contribution in [2.45, 2.75) is 25.4 Å². The van der Waals surface area contributed by atoms with Crippen LogP contribution in [-0.2, 0) is 0 Å². The van der Waals surface area contributed by atoms with Crippen LogP contribution >= 0.6 is 0 Å². The van der Waals surface area contributed by atoms with Crippen LogP contribution in [0.4, 0.5) is 0 Å². The van der Waals surface area contributed by atoms with Crippen molar-refractivity contribution in [1.82, 2.24) is 9.88 Å². The van der Waals surface area contributed by atoms with E-state index in [2.05, 4.69) is 4.98 Å². The molecule has 2 unspecified atom stereocenters. The maximum absolute atomic E-state index is 12.6.